The van der Waals surface area contributed by atoms with Crippen LogP contribution in [0.2, 0.25) is 0 Å². The maximum atomic E-state index is 11.6. The standard InChI is InChI=1S/C15H23NOS/c1-15(2,3)18-12-14(17)16-11-7-10-13-8-5-4-6-9-13/h4-6,8-9H,7,10-12H2,1-3H3,(H,16,17). The second-order valence-corrected chi connectivity index (χ2v) is 7.14. The SMILES string of the molecule is CC(C)(C)SCC(=O)NCCCc1ccccc1. The van der Waals surface area contributed by atoms with Crippen LogP contribution in [-0.4, -0.2) is 23.0 Å². The van der Waals surface area contributed by atoms with Gasteiger partial charge >= 0.3 is 0 Å². The fourth-order valence-electron chi connectivity index (χ4n) is 1.50. The van der Waals surface area contributed by atoms with E-state index in [1.54, 1.807) is 11.8 Å². The van der Waals surface area contributed by atoms with Crippen LogP contribution in [0.4, 0.5) is 0 Å². The molecule has 1 aromatic rings. The van der Waals surface area contributed by atoms with Crippen LogP contribution in [0.1, 0.15) is 32.8 Å². The molecule has 100 valence electrons. The lowest BCUT2D eigenvalue weighted by Crippen LogP contribution is -2.28. The van der Waals surface area contributed by atoms with Gasteiger partial charge in [0.25, 0.3) is 0 Å². The summed E-state index contributed by atoms with van der Waals surface area (Å²) < 4.78 is 0.154. The van der Waals surface area contributed by atoms with Crippen LogP contribution in [-0.2, 0) is 11.2 Å². The first kappa shape index (κ1) is 15.1. The van der Waals surface area contributed by atoms with E-state index in [4.69, 9.17) is 0 Å². The third kappa shape index (κ3) is 7.38. The molecule has 2 nitrogen and oxygen atoms in total. The summed E-state index contributed by atoms with van der Waals surface area (Å²) in [6.45, 7) is 7.14. The van der Waals surface area contributed by atoms with Crippen LogP contribution in [0.5, 0.6) is 0 Å². The predicted octanol–water partition coefficient (Wildman–Crippen LogP) is 3.27. The second-order valence-electron chi connectivity index (χ2n) is 5.34. The van der Waals surface area contributed by atoms with Gasteiger partial charge in [-0.05, 0) is 18.4 Å². The van der Waals surface area contributed by atoms with Gasteiger partial charge in [-0.1, -0.05) is 51.1 Å². The van der Waals surface area contributed by atoms with Crippen molar-refractivity contribution < 1.29 is 4.79 Å². The number of nitrogens with one attached hydrogen (secondary N) is 1. The molecule has 0 saturated carbocycles. The van der Waals surface area contributed by atoms with Gasteiger partial charge in [0, 0.05) is 11.3 Å². The fourth-order valence-corrected chi connectivity index (χ4v) is 2.16. The maximum Gasteiger partial charge on any atom is 0.230 e. The predicted molar refractivity (Wildman–Crippen MR) is 80.0 cm³/mol. The first-order valence-electron chi connectivity index (χ1n) is 6.42. The summed E-state index contributed by atoms with van der Waals surface area (Å²) in [5.74, 6) is 0.692. The Kier molecular flexibility index (Phi) is 6.27. The Labute approximate surface area is 115 Å². The molecule has 3 heteroatoms. The van der Waals surface area contributed by atoms with Crippen molar-refractivity contribution in [2.45, 2.75) is 38.4 Å². The smallest absolute Gasteiger partial charge is 0.230 e. The number of hydrogen-bond donors (Lipinski definition) is 1. The molecule has 1 aromatic carbocycles. The first-order valence-corrected chi connectivity index (χ1v) is 7.40. The van der Waals surface area contributed by atoms with E-state index < -0.39 is 0 Å². The second kappa shape index (κ2) is 7.47. The van der Waals surface area contributed by atoms with Crippen LogP contribution in [0.25, 0.3) is 0 Å². The Balaban J connectivity index is 2.09. The van der Waals surface area contributed by atoms with E-state index in [0.717, 1.165) is 19.4 Å². The Bertz CT molecular complexity index is 357. The molecular formula is C15H23NOS. The highest BCUT2D eigenvalue weighted by Crippen LogP contribution is 2.22. The van der Waals surface area contributed by atoms with E-state index in [1.165, 1.54) is 5.56 Å². The molecule has 0 aliphatic rings. The molecule has 0 spiro atoms. The quantitative estimate of drug-likeness (QED) is 0.800. The fraction of sp³-hybridized carbons (Fsp3) is 0.533. The van der Waals surface area contributed by atoms with Gasteiger partial charge < -0.3 is 5.32 Å². The maximum absolute atomic E-state index is 11.6. The van der Waals surface area contributed by atoms with E-state index >= 15 is 0 Å². The molecule has 0 heterocycles. The number of rotatable bonds is 6. The van der Waals surface area contributed by atoms with Crippen molar-refractivity contribution in [3.8, 4) is 0 Å². The number of hydrogen-bond acceptors (Lipinski definition) is 2. The number of thioether (sulfide) groups is 1. The zero-order valence-corrected chi connectivity index (χ0v) is 12.3. The lowest BCUT2D eigenvalue weighted by atomic mass is 10.1. The van der Waals surface area contributed by atoms with E-state index in [-0.39, 0.29) is 10.7 Å². The van der Waals surface area contributed by atoms with E-state index in [1.807, 2.05) is 18.2 Å². The van der Waals surface area contributed by atoms with Crippen LogP contribution < -0.4 is 5.32 Å². The van der Waals surface area contributed by atoms with E-state index in [2.05, 4.69) is 38.2 Å². The minimum Gasteiger partial charge on any atom is -0.355 e. The Morgan fingerprint density at radius 1 is 1.22 bits per heavy atom. The van der Waals surface area contributed by atoms with Crippen molar-refractivity contribution in [3.05, 3.63) is 35.9 Å². The molecule has 0 aromatic heterocycles. The summed E-state index contributed by atoms with van der Waals surface area (Å²) in [4.78, 5) is 11.6. The normalized spacial score (nSPS) is 11.3. The molecule has 0 fully saturated rings. The van der Waals surface area contributed by atoms with Gasteiger partial charge in [-0.3, -0.25) is 4.79 Å². The average Bonchev–Trinajstić information content (AvgIpc) is 2.33. The Morgan fingerprint density at radius 2 is 1.89 bits per heavy atom. The van der Waals surface area contributed by atoms with Crippen molar-refractivity contribution in [1.82, 2.24) is 5.32 Å². The first-order chi connectivity index (χ1) is 8.47. The van der Waals surface area contributed by atoms with Crippen LogP contribution in [0, 0.1) is 0 Å². The number of amides is 1. The van der Waals surface area contributed by atoms with E-state index in [0.29, 0.717) is 5.75 Å². The van der Waals surface area contributed by atoms with Crippen LogP contribution in [0.15, 0.2) is 30.3 Å². The molecule has 0 unspecified atom stereocenters. The highest BCUT2D eigenvalue weighted by Gasteiger charge is 2.12. The van der Waals surface area contributed by atoms with Crippen LogP contribution >= 0.6 is 11.8 Å². The summed E-state index contributed by atoms with van der Waals surface area (Å²) in [7, 11) is 0. The van der Waals surface area contributed by atoms with Gasteiger partial charge in [0.15, 0.2) is 0 Å². The molecule has 1 N–H and O–H groups in total. The molecular weight excluding hydrogens is 242 g/mol. The molecule has 0 aliphatic heterocycles. The highest BCUT2D eigenvalue weighted by molar-refractivity contribution is 8.01. The third-order valence-electron chi connectivity index (χ3n) is 2.44. The molecule has 0 saturated heterocycles. The van der Waals surface area contributed by atoms with Gasteiger partial charge in [0.1, 0.15) is 0 Å². The van der Waals surface area contributed by atoms with Crippen molar-refractivity contribution in [2.75, 3.05) is 12.3 Å². The van der Waals surface area contributed by atoms with Crippen molar-refractivity contribution >= 4 is 17.7 Å². The minimum absolute atomic E-state index is 0.142. The van der Waals surface area contributed by atoms with Gasteiger partial charge in [-0.2, -0.15) is 0 Å². The molecule has 0 bridgehead atoms. The lowest BCUT2D eigenvalue weighted by Gasteiger charge is -2.16. The van der Waals surface area contributed by atoms with Gasteiger partial charge in [-0.15, -0.1) is 11.8 Å². The van der Waals surface area contributed by atoms with Gasteiger partial charge in [-0.25, -0.2) is 0 Å². The summed E-state index contributed by atoms with van der Waals surface area (Å²) in [5.41, 5.74) is 1.33. The van der Waals surface area contributed by atoms with Gasteiger partial charge in [0.05, 0.1) is 5.75 Å². The van der Waals surface area contributed by atoms with Crippen LogP contribution in [0.3, 0.4) is 0 Å². The van der Waals surface area contributed by atoms with Gasteiger partial charge in [0.2, 0.25) is 5.91 Å². The van der Waals surface area contributed by atoms with Crippen molar-refractivity contribution in [2.24, 2.45) is 0 Å². The molecule has 0 radical (unpaired) electrons. The number of carbonyl (C=O) groups is 1. The zero-order chi connectivity index (χ0) is 13.4. The molecule has 0 aliphatic carbocycles. The summed E-state index contributed by atoms with van der Waals surface area (Å²) >= 11 is 1.68. The molecule has 1 amide bonds. The summed E-state index contributed by atoms with van der Waals surface area (Å²) in [5, 5.41) is 2.97. The number of aryl methyl sites for hydroxylation is 1. The molecule has 0 atom stereocenters. The lowest BCUT2D eigenvalue weighted by molar-refractivity contribution is -0.118. The van der Waals surface area contributed by atoms with Crippen molar-refractivity contribution in [1.29, 1.82) is 0 Å². The van der Waals surface area contributed by atoms with Crippen molar-refractivity contribution in [3.63, 3.8) is 0 Å². The largest absolute Gasteiger partial charge is 0.355 e. The molecule has 1 rings (SSSR count). The Hall–Kier alpha value is -0.960. The third-order valence-corrected chi connectivity index (χ3v) is 3.72. The number of benzene rings is 1. The number of carbonyl (C=O) groups excluding carboxylic acids is 1. The Morgan fingerprint density at radius 3 is 2.50 bits per heavy atom. The summed E-state index contributed by atoms with van der Waals surface area (Å²) in [6.07, 6.45) is 2.02. The average molecular weight is 265 g/mol. The molecule has 18 heavy (non-hydrogen) atoms. The minimum atomic E-state index is 0.142. The highest BCUT2D eigenvalue weighted by atomic mass is 32.2. The van der Waals surface area contributed by atoms with E-state index in [9.17, 15) is 4.79 Å². The summed E-state index contributed by atoms with van der Waals surface area (Å²) in [6, 6.07) is 10.4. The monoisotopic (exact) mass is 265 g/mol. The topological polar surface area (TPSA) is 29.1 Å². The zero-order valence-electron chi connectivity index (χ0n) is 11.5.